The Balaban J connectivity index is 3.05. The lowest BCUT2D eigenvalue weighted by atomic mass is 10.4. The molecule has 0 aliphatic carbocycles. The summed E-state index contributed by atoms with van der Waals surface area (Å²) in [5.74, 6) is 0. The van der Waals surface area contributed by atoms with Gasteiger partial charge < -0.3 is 4.74 Å². The first-order valence-electron chi connectivity index (χ1n) is 2.96. The fraction of sp³-hybridized carbons (Fsp3) is 0.800. The molecule has 0 aliphatic heterocycles. The molecule has 0 spiro atoms. The molecule has 0 aliphatic rings. The molecule has 0 bridgehead atoms. The van der Waals surface area contributed by atoms with E-state index in [4.69, 9.17) is 5.26 Å². The Morgan fingerprint density at radius 2 is 2.30 bits per heavy atom. The van der Waals surface area contributed by atoms with Gasteiger partial charge in [-0.3, -0.25) is 0 Å². The Kier molecular flexibility index (Phi) is 5.80. The third-order valence-corrected chi connectivity index (χ3v) is 0.823. The molecular weight excluding hydrogens is 140 g/mol. The number of hydrogen-bond donors (Lipinski definition) is 1. The van der Waals surface area contributed by atoms with Crippen molar-refractivity contribution in [2.24, 2.45) is 0 Å². The van der Waals surface area contributed by atoms with E-state index < -0.39 is 6.16 Å². The lowest BCUT2D eigenvalue weighted by molar-refractivity contribution is -0.461. The highest BCUT2D eigenvalue weighted by atomic mass is 17.5. The molecule has 0 amide bonds. The Labute approximate surface area is 58.4 Å². The van der Waals surface area contributed by atoms with Crippen LogP contribution < -0.4 is 0 Å². The van der Waals surface area contributed by atoms with Gasteiger partial charge in [-0.15, -0.1) is 0 Å². The highest BCUT2D eigenvalue weighted by molar-refractivity contribution is 5.58. The molecule has 0 atom stereocenters. The Bertz CT molecular complexity index is 92.0. The fourth-order valence-corrected chi connectivity index (χ4v) is 0.354. The maximum absolute atomic E-state index is 10.2. The maximum atomic E-state index is 10.2. The van der Waals surface area contributed by atoms with Gasteiger partial charge in [0, 0.05) is 0 Å². The topological polar surface area (TPSA) is 65.0 Å². The molecule has 1 N–H and O–H groups in total. The molecule has 0 rings (SSSR count). The van der Waals surface area contributed by atoms with Gasteiger partial charge >= 0.3 is 6.16 Å². The van der Waals surface area contributed by atoms with Crippen LogP contribution in [0, 0.1) is 0 Å². The van der Waals surface area contributed by atoms with Crippen LogP contribution in [0.1, 0.15) is 19.8 Å². The minimum atomic E-state index is -1.03. The number of rotatable bonds is 4. The standard InChI is InChI=1S/C5H10O5/c1-2-3-4-8-5(6)9-10-7/h7H,2-4H2,1H3. The molecule has 10 heavy (non-hydrogen) atoms. The molecule has 0 unspecified atom stereocenters. The minimum Gasteiger partial charge on any atom is -0.432 e. The molecule has 0 radical (unpaired) electrons. The predicted molar refractivity (Wildman–Crippen MR) is 31.1 cm³/mol. The SMILES string of the molecule is CCCCOC(=O)OOO. The zero-order chi connectivity index (χ0) is 7.82. The second kappa shape index (κ2) is 6.31. The number of unbranched alkanes of at least 4 members (excludes halogenated alkanes) is 1. The first kappa shape index (κ1) is 9.19. The molecule has 0 aromatic heterocycles. The van der Waals surface area contributed by atoms with Gasteiger partial charge in [0.05, 0.1) is 6.61 Å². The first-order valence-corrected chi connectivity index (χ1v) is 2.96. The Morgan fingerprint density at radius 3 is 2.80 bits per heavy atom. The van der Waals surface area contributed by atoms with E-state index in [-0.39, 0.29) is 6.61 Å². The van der Waals surface area contributed by atoms with Crippen molar-refractivity contribution in [3.05, 3.63) is 0 Å². The van der Waals surface area contributed by atoms with Gasteiger partial charge in [0.25, 0.3) is 0 Å². The first-order chi connectivity index (χ1) is 4.81. The molecule has 5 nitrogen and oxygen atoms in total. The second-order valence-corrected chi connectivity index (χ2v) is 1.61. The molecule has 0 aromatic rings. The summed E-state index contributed by atoms with van der Waals surface area (Å²) in [4.78, 5) is 13.8. The molecule has 5 heteroatoms. The maximum Gasteiger partial charge on any atom is 0.542 e. The monoisotopic (exact) mass is 150 g/mol. The van der Waals surface area contributed by atoms with Crippen LogP contribution in [0.15, 0.2) is 0 Å². The smallest absolute Gasteiger partial charge is 0.432 e. The van der Waals surface area contributed by atoms with E-state index in [2.05, 4.69) is 14.7 Å². The van der Waals surface area contributed by atoms with Crippen molar-refractivity contribution in [2.45, 2.75) is 19.8 Å². The zero-order valence-electron chi connectivity index (χ0n) is 5.70. The zero-order valence-corrected chi connectivity index (χ0v) is 5.70. The molecule has 0 saturated heterocycles. The van der Waals surface area contributed by atoms with E-state index in [0.717, 1.165) is 12.8 Å². The molecule has 0 heterocycles. The van der Waals surface area contributed by atoms with Crippen LogP contribution >= 0.6 is 0 Å². The van der Waals surface area contributed by atoms with E-state index in [1.807, 2.05) is 6.92 Å². The van der Waals surface area contributed by atoms with Gasteiger partial charge in [0.15, 0.2) is 0 Å². The van der Waals surface area contributed by atoms with Crippen molar-refractivity contribution in [1.29, 1.82) is 0 Å². The third-order valence-electron chi connectivity index (χ3n) is 0.823. The van der Waals surface area contributed by atoms with Gasteiger partial charge in [-0.05, 0) is 11.5 Å². The van der Waals surface area contributed by atoms with Crippen LogP contribution in [0.2, 0.25) is 0 Å². The second-order valence-electron chi connectivity index (χ2n) is 1.61. The van der Waals surface area contributed by atoms with E-state index in [9.17, 15) is 4.79 Å². The van der Waals surface area contributed by atoms with E-state index in [1.165, 1.54) is 0 Å². The summed E-state index contributed by atoms with van der Waals surface area (Å²) >= 11 is 0. The van der Waals surface area contributed by atoms with Crippen LogP contribution in [0.5, 0.6) is 0 Å². The van der Waals surface area contributed by atoms with Crippen molar-refractivity contribution < 1.29 is 24.7 Å². The van der Waals surface area contributed by atoms with Crippen LogP contribution in [-0.4, -0.2) is 18.0 Å². The number of carbonyl (C=O) groups is 1. The van der Waals surface area contributed by atoms with E-state index >= 15 is 0 Å². The predicted octanol–water partition coefficient (Wildman–Crippen LogP) is 1.34. The lowest BCUT2D eigenvalue weighted by Crippen LogP contribution is -2.07. The van der Waals surface area contributed by atoms with Gasteiger partial charge in [-0.2, -0.15) is 0 Å². The fourth-order valence-electron chi connectivity index (χ4n) is 0.354. The number of carbonyl (C=O) groups excluding carboxylic acids is 1. The Hall–Kier alpha value is -0.810. The average Bonchev–Trinajstić information content (AvgIpc) is 1.89. The molecule has 0 fully saturated rings. The summed E-state index contributed by atoms with van der Waals surface area (Å²) in [6, 6.07) is 0. The van der Waals surface area contributed by atoms with Gasteiger partial charge in [-0.1, -0.05) is 13.3 Å². The lowest BCUT2D eigenvalue weighted by Gasteiger charge is -1.98. The van der Waals surface area contributed by atoms with Crippen LogP contribution in [0.25, 0.3) is 0 Å². The Morgan fingerprint density at radius 1 is 1.60 bits per heavy atom. The molecule has 0 aromatic carbocycles. The van der Waals surface area contributed by atoms with Crippen LogP contribution in [0.4, 0.5) is 4.79 Å². The van der Waals surface area contributed by atoms with E-state index in [0.29, 0.717) is 0 Å². The van der Waals surface area contributed by atoms with Crippen molar-refractivity contribution in [1.82, 2.24) is 0 Å². The summed E-state index contributed by atoms with van der Waals surface area (Å²) in [6.45, 7) is 2.23. The third kappa shape index (κ3) is 5.33. The van der Waals surface area contributed by atoms with Gasteiger partial charge in [-0.25, -0.2) is 14.9 Å². The van der Waals surface area contributed by atoms with Gasteiger partial charge in [0.1, 0.15) is 0 Å². The summed E-state index contributed by atoms with van der Waals surface area (Å²) in [6.07, 6.45) is 0.657. The van der Waals surface area contributed by atoms with Crippen LogP contribution in [-0.2, 0) is 14.7 Å². The van der Waals surface area contributed by atoms with Crippen molar-refractivity contribution in [3.63, 3.8) is 0 Å². The van der Waals surface area contributed by atoms with Crippen molar-refractivity contribution >= 4 is 6.16 Å². The quantitative estimate of drug-likeness (QED) is 0.283. The van der Waals surface area contributed by atoms with Crippen molar-refractivity contribution in [2.75, 3.05) is 6.61 Å². The molecule has 60 valence electrons. The largest absolute Gasteiger partial charge is 0.542 e. The van der Waals surface area contributed by atoms with Gasteiger partial charge in [0.2, 0.25) is 0 Å². The summed E-state index contributed by atoms with van der Waals surface area (Å²) in [5.41, 5.74) is 0. The minimum absolute atomic E-state index is 0.276. The number of ether oxygens (including phenoxy) is 1. The van der Waals surface area contributed by atoms with Crippen LogP contribution in [0.3, 0.4) is 0 Å². The summed E-state index contributed by atoms with van der Waals surface area (Å²) < 4.78 is 4.38. The summed E-state index contributed by atoms with van der Waals surface area (Å²) in [7, 11) is 0. The highest BCUT2D eigenvalue weighted by Gasteiger charge is 2.02. The molecule has 0 saturated carbocycles. The highest BCUT2D eigenvalue weighted by Crippen LogP contribution is 1.90. The summed E-state index contributed by atoms with van der Waals surface area (Å²) in [5, 5.41) is 10.6. The van der Waals surface area contributed by atoms with E-state index in [1.54, 1.807) is 0 Å². The normalized spacial score (nSPS) is 9.00. The average molecular weight is 150 g/mol. The number of hydrogen-bond acceptors (Lipinski definition) is 5. The molecular formula is C5H10O5. The van der Waals surface area contributed by atoms with Crippen molar-refractivity contribution in [3.8, 4) is 0 Å².